The normalized spacial score (nSPS) is 11.5. The second-order valence-corrected chi connectivity index (χ2v) is 16.7. The molecule has 0 aliphatic rings. The fourth-order valence-electron chi connectivity index (χ4n) is 7.97. The van der Waals surface area contributed by atoms with Gasteiger partial charge in [0.05, 0.1) is 22.4 Å². The number of nitrogens with one attached hydrogen (secondary N) is 2. The molecule has 0 spiro atoms. The zero-order valence-electron chi connectivity index (χ0n) is 37.5. The molecule has 0 aliphatic carbocycles. The van der Waals surface area contributed by atoms with E-state index >= 15 is 0 Å². The Morgan fingerprint density at radius 3 is 1.75 bits per heavy atom. The third-order valence-corrected chi connectivity index (χ3v) is 11.8. The molecule has 1 atom stereocenters. The standard InChI is InChI=1S/C28H27N5O.C27H25N5O/c1-2-7-27-24(6-1)15-16-25(29-27)20-34-26-17-12-22(13-18-26)5-3-4-21-8-10-23(11-9-21)14-19-28-30-32-33-31-28;1-19(12-13-20-6-4-9-23(16-20)27-29-31-32-30-27)22-8-5-10-25(17-22)33-18-24-15-14-21-7-2-3-11-26(21)28-24/h1-2,6-13,15-18H,3-5,14,19-20H2,(H,30,31,32,33);2-11,14-17,19H,12-13,18H2,1H3,(H,29,30,31,32). The Labute approximate surface area is 389 Å². The van der Waals surface area contributed by atoms with Crippen molar-refractivity contribution in [2.45, 2.75) is 71.0 Å². The Hall–Kier alpha value is -8.12. The SMILES string of the molecule is CC(CCc1cccc(-c2nn[nH]n2)c1)c1cccc(OCc2ccc3ccccc3n2)c1.c1ccc2nc(COc3ccc(CCCc4ccc(CCc5nn[nH]n5)cc4)cc3)ccc2c1. The highest BCUT2D eigenvalue weighted by atomic mass is 16.5. The average molecular weight is 885 g/mol. The molecule has 0 radical (unpaired) electrons. The van der Waals surface area contributed by atoms with Gasteiger partial charge in [0.25, 0.3) is 0 Å². The Bertz CT molecular complexity index is 3090. The van der Waals surface area contributed by atoms with E-state index in [4.69, 9.17) is 14.5 Å². The zero-order valence-corrected chi connectivity index (χ0v) is 37.5. The summed E-state index contributed by atoms with van der Waals surface area (Å²) in [6.07, 6.45) is 6.95. The van der Waals surface area contributed by atoms with E-state index in [1.54, 1.807) is 0 Å². The van der Waals surface area contributed by atoms with Crippen molar-refractivity contribution in [3.8, 4) is 22.9 Å². The monoisotopic (exact) mass is 884 g/mol. The number of pyridine rings is 2. The number of nitrogens with zero attached hydrogens (tertiary/aromatic N) is 8. The van der Waals surface area contributed by atoms with Crippen LogP contribution in [0.1, 0.15) is 70.7 Å². The van der Waals surface area contributed by atoms with Crippen LogP contribution in [-0.4, -0.2) is 51.2 Å². The molecule has 10 aromatic rings. The first kappa shape index (κ1) is 44.1. The van der Waals surface area contributed by atoms with E-state index in [0.29, 0.717) is 25.0 Å². The number of para-hydroxylation sites is 2. The molecule has 12 nitrogen and oxygen atoms in total. The van der Waals surface area contributed by atoms with Crippen LogP contribution in [0.5, 0.6) is 11.5 Å². The molecular formula is C55H52N10O2. The van der Waals surface area contributed by atoms with E-state index in [1.165, 1.54) is 27.8 Å². The third kappa shape index (κ3) is 12.6. The highest BCUT2D eigenvalue weighted by molar-refractivity contribution is 5.79. The fraction of sp³-hybridized carbons (Fsp3) is 0.200. The molecule has 0 saturated carbocycles. The highest BCUT2D eigenvalue weighted by Crippen LogP contribution is 2.27. The quantitative estimate of drug-likeness (QED) is 0.0851. The smallest absolute Gasteiger partial charge is 0.204 e. The highest BCUT2D eigenvalue weighted by Gasteiger charge is 2.10. The second-order valence-electron chi connectivity index (χ2n) is 16.7. The van der Waals surface area contributed by atoms with E-state index in [0.717, 1.165) is 101 Å². The van der Waals surface area contributed by atoms with Gasteiger partial charge < -0.3 is 9.47 Å². The molecule has 2 N–H and O–H groups in total. The predicted octanol–water partition coefficient (Wildman–Crippen LogP) is 11.0. The van der Waals surface area contributed by atoms with Crippen LogP contribution in [0.3, 0.4) is 0 Å². The molecule has 67 heavy (non-hydrogen) atoms. The number of rotatable bonds is 18. The van der Waals surface area contributed by atoms with Gasteiger partial charge in [-0.3, -0.25) is 0 Å². The van der Waals surface area contributed by atoms with Crippen molar-refractivity contribution in [1.29, 1.82) is 0 Å². The van der Waals surface area contributed by atoms with Crippen molar-refractivity contribution < 1.29 is 9.47 Å². The summed E-state index contributed by atoms with van der Waals surface area (Å²) in [7, 11) is 0. The molecule has 334 valence electrons. The summed E-state index contributed by atoms with van der Waals surface area (Å²) in [5.74, 6) is 3.52. The van der Waals surface area contributed by atoms with Crippen LogP contribution in [-0.2, 0) is 45.3 Å². The third-order valence-electron chi connectivity index (χ3n) is 11.8. The van der Waals surface area contributed by atoms with Crippen LogP contribution in [0.4, 0.5) is 0 Å². The molecule has 0 saturated heterocycles. The zero-order chi connectivity index (χ0) is 45.5. The lowest BCUT2D eigenvalue weighted by atomic mass is 9.93. The van der Waals surface area contributed by atoms with Crippen LogP contribution in [0.25, 0.3) is 33.2 Å². The summed E-state index contributed by atoms with van der Waals surface area (Å²) in [6, 6.07) is 58.5. The van der Waals surface area contributed by atoms with Gasteiger partial charge in [0.15, 0.2) is 5.82 Å². The Kier molecular flexibility index (Phi) is 14.6. The van der Waals surface area contributed by atoms with Crippen molar-refractivity contribution in [3.05, 3.63) is 215 Å². The van der Waals surface area contributed by atoms with E-state index in [9.17, 15) is 0 Å². The second kappa shape index (κ2) is 22.2. The van der Waals surface area contributed by atoms with Gasteiger partial charge in [-0.25, -0.2) is 9.97 Å². The first-order chi connectivity index (χ1) is 33.1. The van der Waals surface area contributed by atoms with Gasteiger partial charge >= 0.3 is 0 Å². The molecule has 0 fully saturated rings. The van der Waals surface area contributed by atoms with Gasteiger partial charge in [-0.2, -0.15) is 10.4 Å². The minimum Gasteiger partial charge on any atom is -0.487 e. The molecule has 6 aromatic carbocycles. The molecule has 0 aliphatic heterocycles. The Morgan fingerprint density at radius 2 is 1.09 bits per heavy atom. The molecule has 10 rings (SSSR count). The van der Waals surface area contributed by atoms with E-state index in [-0.39, 0.29) is 0 Å². The maximum Gasteiger partial charge on any atom is 0.204 e. The van der Waals surface area contributed by atoms with Gasteiger partial charge in [0.2, 0.25) is 5.82 Å². The van der Waals surface area contributed by atoms with Crippen LogP contribution in [0.2, 0.25) is 0 Å². The first-order valence-electron chi connectivity index (χ1n) is 22.8. The van der Waals surface area contributed by atoms with Crippen molar-refractivity contribution in [1.82, 2.24) is 51.2 Å². The molecule has 4 aromatic heterocycles. The number of aryl methyl sites for hydroxylation is 5. The average Bonchev–Trinajstić information content (AvgIpc) is 4.14. The van der Waals surface area contributed by atoms with E-state index in [1.807, 2.05) is 66.7 Å². The minimum atomic E-state index is 0.404. The molecule has 12 heteroatoms. The topological polar surface area (TPSA) is 153 Å². The summed E-state index contributed by atoms with van der Waals surface area (Å²) >= 11 is 0. The maximum absolute atomic E-state index is 6.07. The summed E-state index contributed by atoms with van der Waals surface area (Å²) in [5, 5.41) is 30.7. The number of fused-ring (bicyclic) bond motifs is 2. The first-order valence-corrected chi connectivity index (χ1v) is 22.8. The van der Waals surface area contributed by atoms with Gasteiger partial charge in [-0.15, -0.1) is 20.4 Å². The van der Waals surface area contributed by atoms with Crippen molar-refractivity contribution >= 4 is 21.8 Å². The summed E-state index contributed by atoms with van der Waals surface area (Å²) < 4.78 is 12.0. The van der Waals surface area contributed by atoms with E-state index in [2.05, 4.69) is 156 Å². The van der Waals surface area contributed by atoms with Crippen LogP contribution >= 0.6 is 0 Å². The Balaban J connectivity index is 0.000000168. The van der Waals surface area contributed by atoms with Crippen LogP contribution in [0.15, 0.2) is 170 Å². The lowest BCUT2D eigenvalue weighted by Crippen LogP contribution is -2.00. The maximum atomic E-state index is 6.07. The number of hydrogen-bond acceptors (Lipinski definition) is 10. The summed E-state index contributed by atoms with van der Waals surface area (Å²) in [4.78, 5) is 9.37. The minimum absolute atomic E-state index is 0.404. The Morgan fingerprint density at radius 1 is 0.478 bits per heavy atom. The molecule has 1 unspecified atom stereocenters. The predicted molar refractivity (Wildman–Crippen MR) is 261 cm³/mol. The number of H-pyrrole nitrogens is 2. The number of aromatic amines is 2. The largest absolute Gasteiger partial charge is 0.487 e. The van der Waals surface area contributed by atoms with Gasteiger partial charge in [0, 0.05) is 22.8 Å². The van der Waals surface area contributed by atoms with E-state index < -0.39 is 0 Å². The molecule has 0 bridgehead atoms. The van der Waals surface area contributed by atoms with Crippen molar-refractivity contribution in [2.75, 3.05) is 0 Å². The van der Waals surface area contributed by atoms with Crippen molar-refractivity contribution in [2.24, 2.45) is 0 Å². The number of hydrogen-bond donors (Lipinski definition) is 2. The number of ether oxygens (including phenoxy) is 2. The number of benzene rings is 6. The number of aromatic nitrogens is 10. The lowest BCUT2D eigenvalue weighted by Gasteiger charge is -2.14. The van der Waals surface area contributed by atoms with Crippen LogP contribution in [0, 0.1) is 0 Å². The van der Waals surface area contributed by atoms with Gasteiger partial charge in [-0.1, -0.05) is 127 Å². The molecular weight excluding hydrogens is 833 g/mol. The van der Waals surface area contributed by atoms with Gasteiger partial charge in [-0.05, 0) is 132 Å². The summed E-state index contributed by atoms with van der Waals surface area (Å²) in [5.41, 5.74) is 11.3. The van der Waals surface area contributed by atoms with Crippen molar-refractivity contribution in [3.63, 3.8) is 0 Å². The van der Waals surface area contributed by atoms with Gasteiger partial charge in [0.1, 0.15) is 24.7 Å². The molecule has 0 amide bonds. The molecule has 4 heterocycles. The van der Waals surface area contributed by atoms with Crippen LogP contribution < -0.4 is 9.47 Å². The summed E-state index contributed by atoms with van der Waals surface area (Å²) in [6.45, 7) is 3.17. The number of tetrazole rings is 2. The fourth-order valence-corrected chi connectivity index (χ4v) is 7.97. The lowest BCUT2D eigenvalue weighted by molar-refractivity contribution is 0.301.